The number of likely N-dealkylation sites (tertiary alicyclic amines) is 1. The molecular weight excluding hydrogens is 375 g/mol. The van der Waals surface area contributed by atoms with E-state index in [2.05, 4.69) is 47.9 Å². The molecule has 21 heavy (non-hydrogen) atoms. The van der Waals surface area contributed by atoms with Crippen LogP contribution in [0.2, 0.25) is 0 Å². The van der Waals surface area contributed by atoms with E-state index in [1.54, 1.807) is 0 Å². The molecule has 4 nitrogen and oxygen atoms in total. The number of guanidine groups is 1. The number of unbranched alkanes of at least 4 members (excludes halogenated alkanes) is 1. The molecule has 1 fully saturated rings. The number of rotatable bonds is 7. The lowest BCUT2D eigenvalue weighted by Gasteiger charge is -2.28. The molecule has 0 aromatic carbocycles. The van der Waals surface area contributed by atoms with E-state index in [-0.39, 0.29) is 24.0 Å². The van der Waals surface area contributed by atoms with E-state index in [1.807, 2.05) is 7.05 Å². The molecule has 1 rings (SSSR count). The summed E-state index contributed by atoms with van der Waals surface area (Å²) in [4.78, 5) is 9.28. The van der Waals surface area contributed by atoms with Crippen LogP contribution in [0, 0.1) is 5.92 Å². The van der Waals surface area contributed by atoms with Gasteiger partial charge in [0.05, 0.1) is 0 Å². The summed E-state index contributed by atoms with van der Waals surface area (Å²) in [6, 6.07) is 0.675. The monoisotopic (exact) mass is 410 g/mol. The predicted octanol–water partition coefficient (Wildman–Crippen LogP) is 3.03. The Bertz CT molecular complexity index is 294. The highest BCUT2D eigenvalue weighted by molar-refractivity contribution is 14.0. The quantitative estimate of drug-likeness (QED) is 0.398. The third kappa shape index (κ3) is 7.68. The van der Waals surface area contributed by atoms with E-state index in [0.29, 0.717) is 6.04 Å². The van der Waals surface area contributed by atoms with Gasteiger partial charge in [-0.15, -0.1) is 24.0 Å². The molecule has 1 atom stereocenters. The van der Waals surface area contributed by atoms with Crippen molar-refractivity contribution in [2.24, 2.45) is 10.9 Å². The van der Waals surface area contributed by atoms with E-state index in [1.165, 1.54) is 38.8 Å². The number of hydrogen-bond acceptors (Lipinski definition) is 2. The van der Waals surface area contributed by atoms with E-state index in [9.17, 15) is 0 Å². The summed E-state index contributed by atoms with van der Waals surface area (Å²) >= 11 is 0. The zero-order valence-corrected chi connectivity index (χ0v) is 16.9. The zero-order chi connectivity index (χ0) is 15.0. The smallest absolute Gasteiger partial charge is 0.193 e. The zero-order valence-electron chi connectivity index (χ0n) is 14.6. The minimum Gasteiger partial charge on any atom is -0.355 e. The van der Waals surface area contributed by atoms with Crippen molar-refractivity contribution >= 4 is 29.9 Å². The Hall–Kier alpha value is -0.0400. The van der Waals surface area contributed by atoms with Gasteiger partial charge in [0.15, 0.2) is 5.96 Å². The average Bonchev–Trinajstić information content (AvgIpc) is 2.83. The molecular formula is C16H35IN4. The summed E-state index contributed by atoms with van der Waals surface area (Å²) in [6.07, 6.45) is 5.10. The van der Waals surface area contributed by atoms with Gasteiger partial charge in [-0.3, -0.25) is 9.89 Å². The van der Waals surface area contributed by atoms with Gasteiger partial charge in [0, 0.05) is 39.8 Å². The van der Waals surface area contributed by atoms with Gasteiger partial charge in [-0.25, -0.2) is 0 Å². The first-order valence-corrected chi connectivity index (χ1v) is 8.24. The molecule has 1 heterocycles. The molecule has 0 bridgehead atoms. The van der Waals surface area contributed by atoms with Crippen LogP contribution in [-0.4, -0.2) is 62.1 Å². The Morgan fingerprint density at radius 2 is 2.14 bits per heavy atom. The first-order valence-electron chi connectivity index (χ1n) is 8.24. The van der Waals surface area contributed by atoms with Gasteiger partial charge in [-0.1, -0.05) is 27.2 Å². The Morgan fingerprint density at radius 3 is 2.71 bits per heavy atom. The molecule has 1 N–H and O–H groups in total. The Labute approximate surface area is 148 Å². The van der Waals surface area contributed by atoms with Crippen molar-refractivity contribution in [3.63, 3.8) is 0 Å². The van der Waals surface area contributed by atoms with Crippen LogP contribution < -0.4 is 5.32 Å². The van der Waals surface area contributed by atoms with Gasteiger partial charge in [-0.05, 0) is 31.7 Å². The largest absolute Gasteiger partial charge is 0.355 e. The Kier molecular flexibility index (Phi) is 11.5. The van der Waals surface area contributed by atoms with Gasteiger partial charge in [0.25, 0.3) is 0 Å². The van der Waals surface area contributed by atoms with Crippen LogP contribution in [-0.2, 0) is 0 Å². The molecule has 0 saturated carbocycles. The first-order chi connectivity index (χ1) is 9.58. The third-order valence-corrected chi connectivity index (χ3v) is 4.01. The molecule has 0 spiro atoms. The fraction of sp³-hybridized carbons (Fsp3) is 0.938. The maximum absolute atomic E-state index is 4.40. The fourth-order valence-corrected chi connectivity index (χ4v) is 2.93. The standard InChI is InChI=1S/C16H34N4.HI/c1-6-7-10-19(5)16(17-4)18-12-15-9-8-11-20(15)13-14(2)3;/h14-15H,6-13H2,1-5H3,(H,17,18);1H/t15-;/m1./s1. The van der Waals surface area contributed by atoms with Crippen molar-refractivity contribution in [1.29, 1.82) is 0 Å². The number of halogens is 1. The maximum atomic E-state index is 4.40. The van der Waals surface area contributed by atoms with Gasteiger partial charge in [0.2, 0.25) is 0 Å². The van der Waals surface area contributed by atoms with Gasteiger partial charge >= 0.3 is 0 Å². The van der Waals surface area contributed by atoms with Crippen molar-refractivity contribution in [2.75, 3.05) is 40.3 Å². The molecule has 0 unspecified atom stereocenters. The maximum Gasteiger partial charge on any atom is 0.193 e. The third-order valence-electron chi connectivity index (χ3n) is 4.01. The van der Waals surface area contributed by atoms with Crippen LogP contribution in [0.15, 0.2) is 4.99 Å². The highest BCUT2D eigenvalue weighted by Gasteiger charge is 2.25. The summed E-state index contributed by atoms with van der Waals surface area (Å²) in [6.45, 7) is 11.4. The summed E-state index contributed by atoms with van der Waals surface area (Å²) in [5.74, 6) is 1.79. The van der Waals surface area contributed by atoms with Crippen molar-refractivity contribution in [1.82, 2.24) is 15.1 Å². The predicted molar refractivity (Wildman–Crippen MR) is 104 cm³/mol. The second-order valence-electron chi connectivity index (χ2n) is 6.39. The van der Waals surface area contributed by atoms with Crippen molar-refractivity contribution in [3.05, 3.63) is 0 Å². The number of hydrogen-bond donors (Lipinski definition) is 1. The van der Waals surface area contributed by atoms with Crippen LogP contribution in [0.3, 0.4) is 0 Å². The highest BCUT2D eigenvalue weighted by Crippen LogP contribution is 2.17. The lowest BCUT2D eigenvalue weighted by Crippen LogP contribution is -2.46. The van der Waals surface area contributed by atoms with Crippen LogP contribution in [0.4, 0.5) is 0 Å². The summed E-state index contributed by atoms with van der Waals surface area (Å²) in [5, 5.41) is 3.56. The highest BCUT2D eigenvalue weighted by atomic mass is 127. The summed E-state index contributed by atoms with van der Waals surface area (Å²) < 4.78 is 0. The molecule has 0 aliphatic carbocycles. The molecule has 0 aromatic heterocycles. The topological polar surface area (TPSA) is 30.9 Å². The Balaban J connectivity index is 0.00000400. The number of aliphatic imine (C=N–C) groups is 1. The van der Waals surface area contributed by atoms with Crippen molar-refractivity contribution < 1.29 is 0 Å². The fourth-order valence-electron chi connectivity index (χ4n) is 2.93. The van der Waals surface area contributed by atoms with Crippen LogP contribution in [0.1, 0.15) is 46.5 Å². The molecule has 0 amide bonds. The van der Waals surface area contributed by atoms with Crippen LogP contribution >= 0.6 is 24.0 Å². The van der Waals surface area contributed by atoms with Gasteiger partial charge < -0.3 is 10.2 Å². The minimum atomic E-state index is 0. The average molecular weight is 410 g/mol. The number of nitrogens with zero attached hydrogens (tertiary/aromatic N) is 3. The lowest BCUT2D eigenvalue weighted by atomic mass is 10.1. The molecule has 0 aromatic rings. The molecule has 0 radical (unpaired) electrons. The Morgan fingerprint density at radius 1 is 1.43 bits per heavy atom. The second kappa shape index (κ2) is 11.5. The van der Waals surface area contributed by atoms with Gasteiger partial charge in [-0.2, -0.15) is 0 Å². The molecule has 126 valence electrons. The SMILES string of the molecule is CCCCN(C)C(=NC)NC[C@H]1CCCN1CC(C)C.I. The molecule has 1 aliphatic heterocycles. The van der Waals surface area contributed by atoms with Gasteiger partial charge in [0.1, 0.15) is 0 Å². The first kappa shape index (κ1) is 21.0. The molecule has 1 saturated heterocycles. The summed E-state index contributed by atoms with van der Waals surface area (Å²) in [7, 11) is 4.01. The van der Waals surface area contributed by atoms with Crippen molar-refractivity contribution in [2.45, 2.75) is 52.5 Å². The second-order valence-corrected chi connectivity index (χ2v) is 6.39. The lowest BCUT2D eigenvalue weighted by molar-refractivity contribution is 0.225. The normalized spacial score (nSPS) is 19.7. The molecule has 1 aliphatic rings. The van der Waals surface area contributed by atoms with Crippen LogP contribution in [0.25, 0.3) is 0 Å². The number of nitrogens with one attached hydrogen (secondary N) is 1. The minimum absolute atomic E-state index is 0. The van der Waals surface area contributed by atoms with Crippen molar-refractivity contribution in [3.8, 4) is 0 Å². The van der Waals surface area contributed by atoms with E-state index >= 15 is 0 Å². The van der Waals surface area contributed by atoms with E-state index in [0.717, 1.165) is 25.0 Å². The van der Waals surface area contributed by atoms with Crippen LogP contribution in [0.5, 0.6) is 0 Å². The molecule has 5 heteroatoms. The van der Waals surface area contributed by atoms with E-state index < -0.39 is 0 Å². The summed E-state index contributed by atoms with van der Waals surface area (Å²) in [5.41, 5.74) is 0. The van der Waals surface area contributed by atoms with E-state index in [4.69, 9.17) is 0 Å².